The number of thiophene rings is 1. The van der Waals surface area contributed by atoms with Crippen LogP contribution in [-0.4, -0.2) is 25.4 Å². The Labute approximate surface area is 172 Å². The Hall–Kier alpha value is -2.93. The second kappa shape index (κ2) is 6.84. The molecule has 1 aromatic carbocycles. The largest absolute Gasteiger partial charge is 0.481 e. The van der Waals surface area contributed by atoms with Gasteiger partial charge < -0.3 is 10.8 Å². The molecule has 3 aromatic heterocycles. The number of carboxylic acids is 1. The van der Waals surface area contributed by atoms with Crippen molar-refractivity contribution in [2.45, 2.75) is 38.5 Å². The number of nitrogen functional groups attached to an aromatic ring is 1. The lowest BCUT2D eigenvalue weighted by Gasteiger charge is -2.25. The number of nitrogens with zero attached hydrogens (tertiary/aromatic N) is 3. The smallest absolute Gasteiger partial charge is 0.306 e. The number of benzene rings is 1. The van der Waals surface area contributed by atoms with Gasteiger partial charge in [-0.1, -0.05) is 18.2 Å². The van der Waals surface area contributed by atoms with Crippen molar-refractivity contribution in [2.24, 2.45) is 5.92 Å². The van der Waals surface area contributed by atoms with Gasteiger partial charge in [-0.3, -0.25) is 9.20 Å². The minimum absolute atomic E-state index is 0.227. The van der Waals surface area contributed by atoms with Gasteiger partial charge in [-0.15, -0.1) is 11.3 Å². The molecule has 0 radical (unpaired) electrons. The van der Waals surface area contributed by atoms with Crippen LogP contribution in [0.3, 0.4) is 0 Å². The summed E-state index contributed by atoms with van der Waals surface area (Å²) in [5.74, 6) is 0.724. The fourth-order valence-corrected chi connectivity index (χ4v) is 5.59. The molecule has 1 saturated carbocycles. The second-order valence-electron chi connectivity index (χ2n) is 7.84. The van der Waals surface area contributed by atoms with Crippen molar-refractivity contribution < 1.29 is 9.90 Å². The molecule has 0 aliphatic heterocycles. The van der Waals surface area contributed by atoms with Gasteiger partial charge in [-0.05, 0) is 49.6 Å². The molecular formula is C22H22N4O2S. The molecule has 6 nitrogen and oxygen atoms in total. The quantitative estimate of drug-likeness (QED) is 0.507. The van der Waals surface area contributed by atoms with Crippen LogP contribution < -0.4 is 5.73 Å². The highest BCUT2D eigenvalue weighted by molar-refractivity contribution is 7.22. The van der Waals surface area contributed by atoms with E-state index in [1.165, 1.54) is 15.6 Å². The van der Waals surface area contributed by atoms with Crippen LogP contribution in [0, 0.1) is 12.8 Å². The zero-order chi connectivity index (χ0) is 20.1. The topological polar surface area (TPSA) is 93.5 Å². The molecule has 29 heavy (non-hydrogen) atoms. The zero-order valence-corrected chi connectivity index (χ0v) is 16.9. The van der Waals surface area contributed by atoms with Crippen LogP contribution in [0.25, 0.3) is 26.2 Å². The van der Waals surface area contributed by atoms with Crippen LogP contribution in [0.4, 0.5) is 5.82 Å². The lowest BCUT2D eigenvalue weighted by molar-refractivity contribution is -0.142. The molecule has 3 N–H and O–H groups in total. The number of imidazole rings is 1. The molecule has 7 heteroatoms. The van der Waals surface area contributed by atoms with Gasteiger partial charge in [0, 0.05) is 23.0 Å². The van der Waals surface area contributed by atoms with Gasteiger partial charge in [-0.2, -0.15) is 0 Å². The van der Waals surface area contributed by atoms with Crippen molar-refractivity contribution in [1.82, 2.24) is 14.4 Å². The van der Waals surface area contributed by atoms with Crippen molar-refractivity contribution in [3.8, 4) is 10.6 Å². The molecule has 1 aliphatic carbocycles. The molecule has 4 aromatic rings. The third kappa shape index (κ3) is 2.97. The lowest BCUT2D eigenvalue weighted by atomic mass is 9.81. The number of hydrogen-bond acceptors (Lipinski definition) is 5. The van der Waals surface area contributed by atoms with Crippen LogP contribution in [0.2, 0.25) is 0 Å². The summed E-state index contributed by atoms with van der Waals surface area (Å²) < 4.78 is 3.32. The number of carboxylic acid groups (broad SMARTS) is 1. The highest BCUT2D eigenvalue weighted by Crippen LogP contribution is 2.41. The molecule has 0 unspecified atom stereocenters. The summed E-state index contributed by atoms with van der Waals surface area (Å²) in [6.45, 7) is 2.12. The number of carbonyl (C=O) groups is 1. The average Bonchev–Trinajstić information content (AvgIpc) is 3.31. The third-order valence-electron chi connectivity index (χ3n) is 6.03. The summed E-state index contributed by atoms with van der Waals surface area (Å²) in [7, 11) is 0. The minimum atomic E-state index is -0.689. The van der Waals surface area contributed by atoms with E-state index >= 15 is 0 Å². The Kier molecular flexibility index (Phi) is 4.28. The van der Waals surface area contributed by atoms with E-state index in [4.69, 9.17) is 10.7 Å². The molecule has 148 valence electrons. The first-order valence-corrected chi connectivity index (χ1v) is 10.7. The number of nitrogens with two attached hydrogens (primary N) is 1. The van der Waals surface area contributed by atoms with E-state index in [2.05, 4.69) is 40.6 Å². The van der Waals surface area contributed by atoms with E-state index in [0.29, 0.717) is 18.7 Å². The number of rotatable bonds is 3. The normalized spacial score (nSPS) is 19.8. The van der Waals surface area contributed by atoms with Gasteiger partial charge in [0.05, 0.1) is 10.8 Å². The van der Waals surface area contributed by atoms with E-state index in [1.807, 2.05) is 6.20 Å². The molecule has 0 spiro atoms. The molecule has 3 heterocycles. The monoisotopic (exact) mass is 406 g/mol. The van der Waals surface area contributed by atoms with Crippen LogP contribution in [0.1, 0.15) is 43.0 Å². The van der Waals surface area contributed by atoms with Gasteiger partial charge in [0.2, 0.25) is 0 Å². The molecule has 1 fully saturated rings. The fourth-order valence-electron chi connectivity index (χ4n) is 4.47. The summed E-state index contributed by atoms with van der Waals surface area (Å²) >= 11 is 1.73. The van der Waals surface area contributed by atoms with Crippen molar-refractivity contribution in [2.75, 3.05) is 5.73 Å². The predicted octanol–water partition coefficient (Wildman–Crippen LogP) is 4.86. The number of aryl methyl sites for hydroxylation is 1. The van der Waals surface area contributed by atoms with Gasteiger partial charge in [0.15, 0.2) is 0 Å². The van der Waals surface area contributed by atoms with Gasteiger partial charge in [-0.25, -0.2) is 9.97 Å². The van der Waals surface area contributed by atoms with Crippen LogP contribution in [0.15, 0.2) is 36.7 Å². The molecule has 0 atom stereocenters. The van der Waals surface area contributed by atoms with Crippen LogP contribution >= 0.6 is 11.3 Å². The minimum Gasteiger partial charge on any atom is -0.481 e. The van der Waals surface area contributed by atoms with E-state index in [0.717, 1.165) is 34.8 Å². The third-order valence-corrected chi connectivity index (χ3v) is 7.32. The first-order valence-electron chi connectivity index (χ1n) is 9.87. The molecule has 1 aliphatic rings. The van der Waals surface area contributed by atoms with E-state index in [-0.39, 0.29) is 11.8 Å². The standard InChI is InChI=1S/C22H22N4O2S/c1-12-3-2-4-15-11-16(29-19(12)15)17-18-20(23)24-9-10-26(18)21(25-17)13-5-7-14(8-6-13)22(27)28/h2-4,9-11,13-14H,5-8H2,1H3,(H2,23,24)(H,27,28). The maximum atomic E-state index is 11.3. The Balaban J connectivity index is 1.63. The Morgan fingerprint density at radius 2 is 2.07 bits per heavy atom. The van der Waals surface area contributed by atoms with Crippen LogP contribution in [-0.2, 0) is 4.79 Å². The maximum Gasteiger partial charge on any atom is 0.306 e. The number of hydrogen-bond donors (Lipinski definition) is 2. The second-order valence-corrected chi connectivity index (χ2v) is 8.89. The fraction of sp³-hybridized carbons (Fsp3) is 0.318. The van der Waals surface area contributed by atoms with Crippen molar-refractivity contribution in [3.05, 3.63) is 48.0 Å². The average molecular weight is 407 g/mol. The summed E-state index contributed by atoms with van der Waals surface area (Å²) in [5.41, 5.74) is 9.24. The zero-order valence-electron chi connectivity index (χ0n) is 16.1. The summed E-state index contributed by atoms with van der Waals surface area (Å²) in [5, 5.41) is 10.5. The summed E-state index contributed by atoms with van der Waals surface area (Å²) in [6, 6.07) is 8.49. The lowest BCUT2D eigenvalue weighted by Crippen LogP contribution is -2.21. The highest BCUT2D eigenvalue weighted by Gasteiger charge is 2.30. The SMILES string of the molecule is Cc1cccc2cc(-c3nc(C4CCC(C(=O)O)CC4)n4ccnc(N)c34)sc12. The first kappa shape index (κ1) is 18.1. The van der Waals surface area contributed by atoms with E-state index < -0.39 is 5.97 Å². The number of aliphatic carboxylic acids is 1. The predicted molar refractivity (Wildman–Crippen MR) is 115 cm³/mol. The molecule has 0 bridgehead atoms. The first-order chi connectivity index (χ1) is 14.0. The van der Waals surface area contributed by atoms with Gasteiger partial charge >= 0.3 is 5.97 Å². The van der Waals surface area contributed by atoms with Crippen molar-refractivity contribution in [1.29, 1.82) is 0 Å². The van der Waals surface area contributed by atoms with Gasteiger partial charge in [0.25, 0.3) is 0 Å². The van der Waals surface area contributed by atoms with Crippen molar-refractivity contribution >= 4 is 38.7 Å². The number of anilines is 1. The molecule has 0 saturated heterocycles. The summed E-state index contributed by atoms with van der Waals surface area (Å²) in [4.78, 5) is 21.7. The number of fused-ring (bicyclic) bond motifs is 2. The molecular weight excluding hydrogens is 384 g/mol. The Morgan fingerprint density at radius 1 is 1.28 bits per heavy atom. The van der Waals surface area contributed by atoms with Gasteiger partial charge in [0.1, 0.15) is 22.9 Å². The van der Waals surface area contributed by atoms with E-state index in [9.17, 15) is 9.90 Å². The Morgan fingerprint density at radius 3 is 2.79 bits per heavy atom. The maximum absolute atomic E-state index is 11.3. The number of aromatic nitrogens is 3. The Bertz CT molecular complexity index is 1230. The summed E-state index contributed by atoms with van der Waals surface area (Å²) in [6.07, 6.45) is 6.64. The van der Waals surface area contributed by atoms with Crippen molar-refractivity contribution in [3.63, 3.8) is 0 Å². The highest BCUT2D eigenvalue weighted by atomic mass is 32.1. The van der Waals surface area contributed by atoms with E-state index in [1.54, 1.807) is 17.5 Å². The van der Waals surface area contributed by atoms with Crippen LogP contribution in [0.5, 0.6) is 0 Å². The molecule has 5 rings (SSSR count). The molecule has 0 amide bonds.